The van der Waals surface area contributed by atoms with Gasteiger partial charge in [-0.1, -0.05) is 39.0 Å². The van der Waals surface area contributed by atoms with Crippen LogP contribution in [0.4, 0.5) is 5.69 Å². The first-order valence-corrected chi connectivity index (χ1v) is 6.87. The fourth-order valence-electron chi connectivity index (χ4n) is 2.21. The van der Waals surface area contributed by atoms with Gasteiger partial charge in [0.15, 0.2) is 0 Å². The number of aryl methyl sites for hydroxylation is 1. The number of carbonyl (C=O) groups is 1. The number of para-hydroxylation sites is 1. The molecule has 2 rings (SSSR count). The fourth-order valence-corrected chi connectivity index (χ4v) is 2.21. The average molecular weight is 284 g/mol. The van der Waals surface area contributed by atoms with E-state index in [2.05, 4.69) is 26.1 Å². The summed E-state index contributed by atoms with van der Waals surface area (Å²) in [4.78, 5) is 24.3. The number of anilines is 1. The number of benzene rings is 1. The van der Waals surface area contributed by atoms with Crippen LogP contribution < -0.4 is 10.9 Å². The molecule has 1 heterocycles. The Morgan fingerprint density at radius 3 is 2.43 bits per heavy atom. The molecule has 0 spiro atoms. The number of hydrogen-bond donors (Lipinski definition) is 1. The van der Waals surface area contributed by atoms with E-state index in [0.717, 1.165) is 11.3 Å². The lowest BCUT2D eigenvalue weighted by molar-refractivity contribution is 0.102. The molecule has 1 aromatic heterocycles. The number of aromatic nitrogens is 1. The van der Waals surface area contributed by atoms with E-state index in [1.807, 2.05) is 24.3 Å². The highest BCUT2D eigenvalue weighted by atomic mass is 16.2. The van der Waals surface area contributed by atoms with E-state index in [1.165, 1.54) is 10.6 Å². The molecule has 0 fully saturated rings. The molecule has 1 aromatic carbocycles. The quantitative estimate of drug-likeness (QED) is 0.921. The molecule has 0 saturated carbocycles. The van der Waals surface area contributed by atoms with Crippen LogP contribution in [0.1, 0.15) is 36.7 Å². The summed E-state index contributed by atoms with van der Waals surface area (Å²) in [6, 6.07) is 10.9. The van der Waals surface area contributed by atoms with Crippen molar-refractivity contribution in [2.45, 2.75) is 26.2 Å². The summed E-state index contributed by atoms with van der Waals surface area (Å²) in [7, 11) is 1.63. The molecule has 4 heteroatoms. The molecule has 0 bridgehead atoms. The van der Waals surface area contributed by atoms with Crippen molar-refractivity contribution in [3.8, 4) is 0 Å². The van der Waals surface area contributed by atoms with E-state index in [0.29, 0.717) is 0 Å². The Kier molecular flexibility index (Phi) is 3.98. The molecular formula is C17H20N2O2. The van der Waals surface area contributed by atoms with E-state index >= 15 is 0 Å². The lowest BCUT2D eigenvalue weighted by Crippen LogP contribution is -2.28. The molecule has 4 nitrogen and oxygen atoms in total. The molecule has 0 unspecified atom stereocenters. The second-order valence-corrected chi connectivity index (χ2v) is 6.09. The number of rotatable bonds is 2. The Bertz CT molecular complexity index is 724. The van der Waals surface area contributed by atoms with Crippen molar-refractivity contribution < 1.29 is 4.79 Å². The topological polar surface area (TPSA) is 51.1 Å². The molecule has 0 aliphatic rings. The number of nitrogens with one attached hydrogen (secondary N) is 1. The zero-order chi connectivity index (χ0) is 15.6. The van der Waals surface area contributed by atoms with Crippen molar-refractivity contribution in [2.24, 2.45) is 7.05 Å². The molecule has 21 heavy (non-hydrogen) atoms. The Morgan fingerprint density at radius 2 is 1.76 bits per heavy atom. The van der Waals surface area contributed by atoms with Crippen LogP contribution in [-0.2, 0) is 12.5 Å². The Hall–Kier alpha value is -2.36. The van der Waals surface area contributed by atoms with Gasteiger partial charge in [0, 0.05) is 18.9 Å². The summed E-state index contributed by atoms with van der Waals surface area (Å²) >= 11 is 0. The standard InChI is InChI=1S/C17H20N2O2/c1-17(2,3)13-9-5-6-10-14(13)18-15(20)12-8-7-11-19(4)16(12)21/h5-11H,1-4H3,(H,18,20). The minimum atomic E-state index is -0.382. The predicted molar refractivity (Wildman–Crippen MR) is 84.8 cm³/mol. The summed E-state index contributed by atoms with van der Waals surface area (Å²) in [5.74, 6) is -0.382. The third kappa shape index (κ3) is 3.21. The highest BCUT2D eigenvalue weighted by Crippen LogP contribution is 2.29. The second kappa shape index (κ2) is 5.56. The van der Waals surface area contributed by atoms with Crippen molar-refractivity contribution in [1.29, 1.82) is 0 Å². The highest BCUT2D eigenvalue weighted by molar-refractivity contribution is 6.04. The van der Waals surface area contributed by atoms with Gasteiger partial charge in [-0.2, -0.15) is 0 Å². The molecule has 110 valence electrons. The Balaban J connectivity index is 2.37. The monoisotopic (exact) mass is 284 g/mol. The van der Waals surface area contributed by atoms with Gasteiger partial charge in [0.25, 0.3) is 11.5 Å². The summed E-state index contributed by atoms with van der Waals surface area (Å²) in [5.41, 5.74) is 1.52. The first kappa shape index (κ1) is 15.0. The molecule has 2 aromatic rings. The van der Waals surface area contributed by atoms with E-state index in [1.54, 1.807) is 19.3 Å². The van der Waals surface area contributed by atoms with Gasteiger partial charge in [-0.3, -0.25) is 9.59 Å². The predicted octanol–water partition coefficient (Wildman–Crippen LogP) is 2.94. The van der Waals surface area contributed by atoms with Crippen molar-refractivity contribution >= 4 is 11.6 Å². The molecule has 1 amide bonds. The van der Waals surface area contributed by atoms with Crippen LogP contribution in [0.25, 0.3) is 0 Å². The third-order valence-electron chi connectivity index (χ3n) is 3.35. The van der Waals surface area contributed by atoms with Crippen LogP contribution in [0.15, 0.2) is 47.4 Å². The molecule has 0 aliphatic carbocycles. The normalized spacial score (nSPS) is 11.2. The lowest BCUT2D eigenvalue weighted by atomic mass is 9.86. The highest BCUT2D eigenvalue weighted by Gasteiger charge is 2.19. The van der Waals surface area contributed by atoms with Gasteiger partial charge in [0.1, 0.15) is 5.56 Å². The second-order valence-electron chi connectivity index (χ2n) is 6.09. The van der Waals surface area contributed by atoms with Crippen LogP contribution in [0.2, 0.25) is 0 Å². The van der Waals surface area contributed by atoms with E-state index in [9.17, 15) is 9.59 Å². The largest absolute Gasteiger partial charge is 0.322 e. The van der Waals surface area contributed by atoms with E-state index in [-0.39, 0.29) is 22.4 Å². The van der Waals surface area contributed by atoms with Gasteiger partial charge in [-0.05, 0) is 29.2 Å². The average Bonchev–Trinajstić information content (AvgIpc) is 2.41. The molecule has 0 atom stereocenters. The molecular weight excluding hydrogens is 264 g/mol. The van der Waals surface area contributed by atoms with Crippen molar-refractivity contribution in [2.75, 3.05) is 5.32 Å². The number of hydrogen-bond acceptors (Lipinski definition) is 2. The Labute approximate surface area is 124 Å². The molecule has 0 saturated heterocycles. The zero-order valence-corrected chi connectivity index (χ0v) is 12.8. The molecule has 0 aliphatic heterocycles. The minimum Gasteiger partial charge on any atom is -0.322 e. The van der Waals surface area contributed by atoms with Gasteiger partial charge in [0.2, 0.25) is 0 Å². The van der Waals surface area contributed by atoms with Crippen molar-refractivity contribution in [3.63, 3.8) is 0 Å². The van der Waals surface area contributed by atoms with Crippen molar-refractivity contribution in [1.82, 2.24) is 4.57 Å². The van der Waals surface area contributed by atoms with Gasteiger partial charge in [0.05, 0.1) is 0 Å². The first-order valence-electron chi connectivity index (χ1n) is 6.87. The van der Waals surface area contributed by atoms with Gasteiger partial charge < -0.3 is 9.88 Å². The van der Waals surface area contributed by atoms with Gasteiger partial charge >= 0.3 is 0 Å². The maximum atomic E-state index is 12.3. The minimum absolute atomic E-state index is 0.0917. The summed E-state index contributed by atoms with van der Waals surface area (Å²) in [6.45, 7) is 6.25. The number of carbonyl (C=O) groups excluding carboxylic acids is 1. The van der Waals surface area contributed by atoms with Crippen LogP contribution in [-0.4, -0.2) is 10.5 Å². The Morgan fingerprint density at radius 1 is 1.10 bits per heavy atom. The molecule has 0 radical (unpaired) electrons. The number of nitrogens with zero attached hydrogens (tertiary/aromatic N) is 1. The summed E-state index contributed by atoms with van der Waals surface area (Å²) in [6.07, 6.45) is 1.63. The number of pyridine rings is 1. The van der Waals surface area contributed by atoms with Crippen LogP contribution >= 0.6 is 0 Å². The van der Waals surface area contributed by atoms with Crippen LogP contribution in [0, 0.1) is 0 Å². The maximum absolute atomic E-state index is 12.3. The molecule has 1 N–H and O–H groups in total. The first-order chi connectivity index (χ1) is 9.80. The van der Waals surface area contributed by atoms with Crippen LogP contribution in [0.5, 0.6) is 0 Å². The van der Waals surface area contributed by atoms with Crippen molar-refractivity contribution in [3.05, 3.63) is 64.1 Å². The maximum Gasteiger partial charge on any atom is 0.263 e. The van der Waals surface area contributed by atoms with Gasteiger partial charge in [-0.15, -0.1) is 0 Å². The lowest BCUT2D eigenvalue weighted by Gasteiger charge is -2.23. The van der Waals surface area contributed by atoms with Crippen LogP contribution in [0.3, 0.4) is 0 Å². The van der Waals surface area contributed by atoms with Gasteiger partial charge in [-0.25, -0.2) is 0 Å². The SMILES string of the molecule is Cn1cccc(C(=O)Nc2ccccc2C(C)(C)C)c1=O. The third-order valence-corrected chi connectivity index (χ3v) is 3.35. The summed E-state index contributed by atoms with van der Waals surface area (Å²) < 4.78 is 1.39. The summed E-state index contributed by atoms with van der Waals surface area (Å²) in [5, 5.41) is 2.85. The van der Waals surface area contributed by atoms with E-state index < -0.39 is 0 Å². The van der Waals surface area contributed by atoms with E-state index in [4.69, 9.17) is 0 Å². The zero-order valence-electron chi connectivity index (χ0n) is 12.8. The number of amides is 1. The fraction of sp³-hybridized carbons (Fsp3) is 0.294. The smallest absolute Gasteiger partial charge is 0.263 e.